The third kappa shape index (κ3) is 7.94. The molecule has 0 amide bonds. The molecule has 0 saturated carbocycles. The number of fused-ring (bicyclic) bond motifs is 1. The van der Waals surface area contributed by atoms with Gasteiger partial charge in [-0.05, 0) is 36.8 Å². The number of carbonyl (C=O) groups is 1. The smallest absolute Gasteiger partial charge is 0.417 e. The standard InChI is InChI=1S/C32H31F5N6O5/c1-3-9-47-20-7-8-21(23(14-20)32(35,36)37)29-38-15-19(16-39-29)28(31(44)48-13-12-46-11-10-45-2)43-18-26-25(17-40-43)41-30(42-26)22-5-4-6-24(33)27(22)34/h4-8,14-17,28H,3,9-13,18H2,1-2H3,(H,41,42). The number of hydrazone groups is 1. The van der Waals surface area contributed by atoms with Crippen molar-refractivity contribution in [3.63, 3.8) is 0 Å². The monoisotopic (exact) mass is 674 g/mol. The maximum absolute atomic E-state index is 14.5. The van der Waals surface area contributed by atoms with Crippen LogP contribution in [-0.4, -0.2) is 77.3 Å². The van der Waals surface area contributed by atoms with E-state index in [1.165, 1.54) is 55.0 Å². The highest BCUT2D eigenvalue weighted by Gasteiger charge is 2.36. The van der Waals surface area contributed by atoms with Crippen molar-refractivity contribution in [2.24, 2.45) is 5.10 Å². The Labute approximate surface area is 271 Å². The third-order valence-corrected chi connectivity index (χ3v) is 7.09. The molecule has 1 unspecified atom stereocenters. The number of hydrogen-bond donors (Lipinski definition) is 1. The zero-order valence-electron chi connectivity index (χ0n) is 25.9. The molecule has 16 heteroatoms. The van der Waals surface area contributed by atoms with E-state index in [0.29, 0.717) is 24.4 Å². The molecule has 0 saturated heterocycles. The van der Waals surface area contributed by atoms with Gasteiger partial charge in [0.15, 0.2) is 23.5 Å². The number of rotatable bonds is 14. The third-order valence-electron chi connectivity index (χ3n) is 7.09. The predicted molar refractivity (Wildman–Crippen MR) is 162 cm³/mol. The number of aromatic nitrogens is 4. The Morgan fingerprint density at radius 3 is 2.52 bits per heavy atom. The Morgan fingerprint density at radius 2 is 1.79 bits per heavy atom. The number of H-pyrrole nitrogens is 1. The van der Waals surface area contributed by atoms with Gasteiger partial charge in [0.05, 0.1) is 61.7 Å². The number of carbonyl (C=O) groups excluding carboxylic acids is 1. The summed E-state index contributed by atoms with van der Waals surface area (Å²) in [5.74, 6) is -3.02. The molecular formula is C32H31F5N6O5. The first-order chi connectivity index (χ1) is 23.1. The summed E-state index contributed by atoms with van der Waals surface area (Å²) in [6.45, 7) is 2.59. The van der Waals surface area contributed by atoms with Gasteiger partial charge in [-0.1, -0.05) is 13.0 Å². The van der Waals surface area contributed by atoms with Crippen LogP contribution in [-0.2, 0) is 31.7 Å². The minimum Gasteiger partial charge on any atom is -0.494 e. The molecule has 0 fully saturated rings. The lowest BCUT2D eigenvalue weighted by Crippen LogP contribution is -2.34. The Kier molecular flexibility index (Phi) is 11.0. The molecule has 0 aliphatic carbocycles. The molecule has 0 spiro atoms. The lowest BCUT2D eigenvalue weighted by Gasteiger charge is -2.29. The first-order valence-electron chi connectivity index (χ1n) is 14.8. The number of halogens is 5. The first-order valence-corrected chi connectivity index (χ1v) is 14.8. The van der Waals surface area contributed by atoms with Gasteiger partial charge in [0.1, 0.15) is 18.2 Å². The van der Waals surface area contributed by atoms with Gasteiger partial charge < -0.3 is 23.9 Å². The maximum Gasteiger partial charge on any atom is 0.417 e. The molecule has 11 nitrogen and oxygen atoms in total. The van der Waals surface area contributed by atoms with Gasteiger partial charge in [0, 0.05) is 30.6 Å². The number of methoxy groups -OCH3 is 1. The summed E-state index contributed by atoms with van der Waals surface area (Å²) in [5, 5.41) is 5.67. The molecule has 3 heterocycles. The van der Waals surface area contributed by atoms with Crippen molar-refractivity contribution in [3.8, 4) is 28.5 Å². The van der Waals surface area contributed by atoms with Gasteiger partial charge in [0.25, 0.3) is 0 Å². The summed E-state index contributed by atoms with van der Waals surface area (Å²) in [5.41, 5.74) is -0.428. The van der Waals surface area contributed by atoms with Gasteiger partial charge in [-0.25, -0.2) is 28.5 Å². The molecule has 48 heavy (non-hydrogen) atoms. The van der Waals surface area contributed by atoms with Gasteiger partial charge in [-0.2, -0.15) is 18.3 Å². The SMILES string of the molecule is CCCOc1ccc(-c2ncc(C(C(=O)OCCOCCOC)N3Cc4nc(-c5cccc(F)c5F)[nH]c4C=N3)cn2)c(C(F)(F)F)c1. The second kappa shape index (κ2) is 15.3. The molecule has 1 aliphatic rings. The van der Waals surface area contributed by atoms with Gasteiger partial charge in [-0.15, -0.1) is 0 Å². The van der Waals surface area contributed by atoms with Crippen molar-refractivity contribution < 1.29 is 45.7 Å². The average molecular weight is 675 g/mol. The van der Waals surface area contributed by atoms with Crippen LogP contribution in [0.3, 0.4) is 0 Å². The first kappa shape index (κ1) is 34.4. The average Bonchev–Trinajstić information content (AvgIpc) is 3.50. The normalized spacial score (nSPS) is 13.4. The van der Waals surface area contributed by atoms with Crippen LogP contribution in [0.4, 0.5) is 22.0 Å². The van der Waals surface area contributed by atoms with Crippen LogP contribution < -0.4 is 4.74 Å². The number of hydrogen-bond acceptors (Lipinski definition) is 10. The number of aromatic amines is 1. The minimum absolute atomic E-state index is 0.0527. The molecule has 5 rings (SSSR count). The summed E-state index contributed by atoms with van der Waals surface area (Å²) in [7, 11) is 1.52. The van der Waals surface area contributed by atoms with Crippen LogP contribution in [0.5, 0.6) is 5.75 Å². The Morgan fingerprint density at radius 1 is 1.02 bits per heavy atom. The van der Waals surface area contributed by atoms with E-state index in [0.717, 1.165) is 12.1 Å². The highest BCUT2D eigenvalue weighted by atomic mass is 19.4. The van der Waals surface area contributed by atoms with Crippen molar-refractivity contribution >= 4 is 12.2 Å². The molecule has 1 aliphatic heterocycles. The van der Waals surface area contributed by atoms with E-state index >= 15 is 0 Å². The summed E-state index contributed by atoms with van der Waals surface area (Å²) >= 11 is 0. The molecule has 2 aromatic carbocycles. The Hall–Kier alpha value is -4.96. The van der Waals surface area contributed by atoms with Crippen LogP contribution in [0.15, 0.2) is 53.9 Å². The maximum atomic E-state index is 14.5. The van der Waals surface area contributed by atoms with E-state index < -0.39 is 35.4 Å². The number of nitrogens with zero attached hydrogens (tertiary/aromatic N) is 5. The van der Waals surface area contributed by atoms with E-state index in [1.807, 2.05) is 6.92 Å². The fourth-order valence-electron chi connectivity index (χ4n) is 4.78. The largest absolute Gasteiger partial charge is 0.494 e. The van der Waals surface area contributed by atoms with Crippen LogP contribution in [0, 0.1) is 11.6 Å². The predicted octanol–water partition coefficient (Wildman–Crippen LogP) is 5.72. The van der Waals surface area contributed by atoms with Gasteiger partial charge in [0.2, 0.25) is 0 Å². The summed E-state index contributed by atoms with van der Waals surface area (Å²) in [6.07, 6.45) is -0.318. The van der Waals surface area contributed by atoms with E-state index in [2.05, 4.69) is 25.0 Å². The topological polar surface area (TPSA) is 124 Å². The lowest BCUT2D eigenvalue weighted by atomic mass is 10.0. The second-order valence-corrected chi connectivity index (χ2v) is 10.5. The molecule has 2 aromatic heterocycles. The van der Waals surface area contributed by atoms with Crippen LogP contribution >= 0.6 is 0 Å². The molecule has 1 atom stereocenters. The van der Waals surface area contributed by atoms with E-state index in [-0.39, 0.29) is 67.1 Å². The van der Waals surface area contributed by atoms with E-state index in [4.69, 9.17) is 18.9 Å². The van der Waals surface area contributed by atoms with E-state index in [9.17, 15) is 26.7 Å². The van der Waals surface area contributed by atoms with Crippen molar-refractivity contribution in [2.45, 2.75) is 32.1 Å². The molecule has 4 aromatic rings. The second-order valence-electron chi connectivity index (χ2n) is 10.5. The lowest BCUT2D eigenvalue weighted by molar-refractivity contribution is -0.152. The van der Waals surface area contributed by atoms with Crippen LogP contribution in [0.2, 0.25) is 0 Å². The van der Waals surface area contributed by atoms with Crippen LogP contribution in [0.25, 0.3) is 22.8 Å². The quantitative estimate of drug-likeness (QED) is 0.102. The minimum atomic E-state index is -4.72. The van der Waals surface area contributed by atoms with Gasteiger partial charge >= 0.3 is 12.1 Å². The molecule has 254 valence electrons. The Bertz CT molecular complexity index is 1750. The number of alkyl halides is 3. The summed E-state index contributed by atoms with van der Waals surface area (Å²) in [6, 6.07) is 5.95. The number of nitrogens with one attached hydrogen (secondary N) is 1. The van der Waals surface area contributed by atoms with Crippen molar-refractivity contribution in [1.82, 2.24) is 24.9 Å². The highest BCUT2D eigenvalue weighted by Crippen LogP contribution is 2.38. The number of esters is 1. The number of ether oxygens (including phenoxy) is 4. The summed E-state index contributed by atoms with van der Waals surface area (Å²) in [4.78, 5) is 29.1. The molecule has 0 bridgehead atoms. The van der Waals surface area contributed by atoms with Crippen molar-refractivity contribution in [2.75, 3.05) is 40.1 Å². The molecule has 0 radical (unpaired) electrons. The highest BCUT2D eigenvalue weighted by molar-refractivity contribution is 5.82. The fourth-order valence-corrected chi connectivity index (χ4v) is 4.78. The molecule has 1 N–H and O–H groups in total. The van der Waals surface area contributed by atoms with Crippen molar-refractivity contribution in [3.05, 3.63) is 82.9 Å². The fraction of sp³-hybridized carbons (Fsp3) is 0.344. The van der Waals surface area contributed by atoms with Crippen molar-refractivity contribution in [1.29, 1.82) is 0 Å². The zero-order chi connectivity index (χ0) is 34.3. The Balaban J connectivity index is 1.42. The van der Waals surface area contributed by atoms with Gasteiger partial charge in [-0.3, -0.25) is 5.01 Å². The summed E-state index contributed by atoms with van der Waals surface area (Å²) < 4.78 is 91.5. The van der Waals surface area contributed by atoms with E-state index in [1.54, 1.807) is 0 Å². The zero-order valence-corrected chi connectivity index (χ0v) is 25.9. The number of benzene rings is 2. The molecular weight excluding hydrogens is 643 g/mol. The van der Waals surface area contributed by atoms with Crippen LogP contribution in [0.1, 0.15) is 41.9 Å². The number of imidazole rings is 1.